The van der Waals surface area contributed by atoms with E-state index in [9.17, 15) is 18.0 Å². The van der Waals surface area contributed by atoms with Gasteiger partial charge in [-0.3, -0.25) is 13.9 Å². The van der Waals surface area contributed by atoms with E-state index in [0.717, 1.165) is 35.6 Å². The van der Waals surface area contributed by atoms with Gasteiger partial charge in [-0.15, -0.1) is 0 Å². The Morgan fingerprint density at radius 3 is 2.00 bits per heavy atom. The first kappa shape index (κ1) is 31.3. The number of hydrogen-bond acceptors (Lipinski definition) is 4. The molecule has 1 N–H and O–H groups in total. The van der Waals surface area contributed by atoms with Crippen LogP contribution in [-0.2, 0) is 32.6 Å². The predicted octanol–water partition coefficient (Wildman–Crippen LogP) is 6.23. The Bertz CT molecular complexity index is 1650. The fourth-order valence-corrected chi connectivity index (χ4v) is 7.21. The van der Waals surface area contributed by atoms with E-state index in [-0.39, 0.29) is 29.8 Å². The maximum atomic E-state index is 14.5. The highest BCUT2D eigenvalue weighted by molar-refractivity contribution is 7.92. The summed E-state index contributed by atoms with van der Waals surface area (Å²) in [5.74, 6) is -0.783. The first-order valence-electron chi connectivity index (χ1n) is 14.8. The van der Waals surface area contributed by atoms with Crippen molar-refractivity contribution in [2.45, 2.75) is 55.6 Å². The van der Waals surface area contributed by atoms with Crippen LogP contribution in [0.15, 0.2) is 120 Å². The fourth-order valence-electron chi connectivity index (χ4n) is 5.57. The van der Waals surface area contributed by atoms with Crippen molar-refractivity contribution in [2.24, 2.45) is 0 Å². The number of rotatable bonds is 12. The van der Waals surface area contributed by atoms with E-state index in [0.29, 0.717) is 16.3 Å². The maximum Gasteiger partial charge on any atom is 0.264 e. The summed E-state index contributed by atoms with van der Waals surface area (Å²) < 4.78 is 29.1. The van der Waals surface area contributed by atoms with Crippen molar-refractivity contribution in [2.75, 3.05) is 10.8 Å². The number of benzene rings is 4. The van der Waals surface area contributed by atoms with Gasteiger partial charge in [0.25, 0.3) is 10.0 Å². The first-order valence-corrected chi connectivity index (χ1v) is 16.6. The first-order chi connectivity index (χ1) is 21.3. The van der Waals surface area contributed by atoms with Crippen LogP contribution < -0.4 is 9.62 Å². The fraction of sp³-hybridized carbons (Fsp3) is 0.257. The van der Waals surface area contributed by atoms with Crippen molar-refractivity contribution in [3.63, 3.8) is 0 Å². The molecule has 0 spiro atoms. The van der Waals surface area contributed by atoms with Crippen LogP contribution in [0, 0.1) is 0 Å². The second-order valence-electron chi connectivity index (χ2n) is 11.0. The van der Waals surface area contributed by atoms with E-state index in [1.54, 1.807) is 60.7 Å². The van der Waals surface area contributed by atoms with Crippen LogP contribution in [0.4, 0.5) is 5.69 Å². The number of amides is 2. The van der Waals surface area contributed by atoms with Gasteiger partial charge in [0, 0.05) is 24.0 Å². The van der Waals surface area contributed by atoms with E-state index in [1.807, 2.05) is 42.5 Å². The van der Waals surface area contributed by atoms with Gasteiger partial charge in [-0.25, -0.2) is 8.42 Å². The number of nitrogens with one attached hydrogen (secondary N) is 1. The van der Waals surface area contributed by atoms with Crippen LogP contribution in [0.3, 0.4) is 0 Å². The Hall–Kier alpha value is -4.14. The van der Waals surface area contributed by atoms with E-state index < -0.39 is 28.5 Å². The Kier molecular flexibility index (Phi) is 10.4. The molecule has 0 aliphatic heterocycles. The Morgan fingerprint density at radius 1 is 0.795 bits per heavy atom. The van der Waals surface area contributed by atoms with Crippen LogP contribution in [0.25, 0.3) is 0 Å². The molecule has 0 unspecified atom stereocenters. The summed E-state index contributed by atoms with van der Waals surface area (Å²) in [4.78, 5) is 30.1. The summed E-state index contributed by atoms with van der Waals surface area (Å²) in [5.41, 5.74) is 1.89. The van der Waals surface area contributed by atoms with Gasteiger partial charge in [-0.05, 0) is 54.3 Å². The lowest BCUT2D eigenvalue weighted by atomic mass is 10.0. The molecule has 9 heteroatoms. The molecule has 4 aromatic carbocycles. The lowest BCUT2D eigenvalue weighted by Crippen LogP contribution is -2.54. The van der Waals surface area contributed by atoms with E-state index >= 15 is 0 Å². The molecule has 1 aliphatic rings. The highest BCUT2D eigenvalue weighted by Crippen LogP contribution is 2.26. The summed E-state index contributed by atoms with van der Waals surface area (Å²) >= 11 is 6.56. The molecule has 2 amide bonds. The van der Waals surface area contributed by atoms with Gasteiger partial charge in [0.15, 0.2) is 0 Å². The molecule has 0 radical (unpaired) electrons. The van der Waals surface area contributed by atoms with Gasteiger partial charge < -0.3 is 10.2 Å². The molecule has 5 rings (SSSR count). The molecule has 4 aromatic rings. The number of para-hydroxylation sites is 1. The van der Waals surface area contributed by atoms with Crippen molar-refractivity contribution in [1.29, 1.82) is 0 Å². The average molecular weight is 630 g/mol. The highest BCUT2D eigenvalue weighted by Gasteiger charge is 2.35. The summed E-state index contributed by atoms with van der Waals surface area (Å²) in [7, 11) is -4.13. The van der Waals surface area contributed by atoms with Gasteiger partial charge in [0.05, 0.1) is 10.6 Å². The zero-order valence-corrected chi connectivity index (χ0v) is 26.0. The standard InChI is InChI=1S/C35H36ClN3O4S/c36-32-23-13-10-16-28(32)25-38(33(24-27-14-4-1-5-15-27)35(41)37-29-17-11-12-18-29)34(40)26-39(30-19-6-2-7-20-30)44(42,43)31-21-8-3-9-22-31/h1-10,13-16,19-23,29,33H,11-12,17-18,24-26H2,(H,37,41)/t33-/m0/s1. The smallest absolute Gasteiger partial charge is 0.264 e. The van der Waals surface area contributed by atoms with Crippen molar-refractivity contribution < 1.29 is 18.0 Å². The van der Waals surface area contributed by atoms with Crippen LogP contribution in [0.1, 0.15) is 36.8 Å². The zero-order chi connectivity index (χ0) is 30.9. The van der Waals surface area contributed by atoms with Crippen LogP contribution in [0.2, 0.25) is 5.02 Å². The average Bonchev–Trinajstić information content (AvgIpc) is 3.56. The third kappa shape index (κ3) is 7.68. The van der Waals surface area contributed by atoms with E-state index in [4.69, 9.17) is 11.6 Å². The van der Waals surface area contributed by atoms with Crippen molar-refractivity contribution in [3.05, 3.63) is 131 Å². The molecule has 44 heavy (non-hydrogen) atoms. The highest BCUT2D eigenvalue weighted by atomic mass is 35.5. The Labute approximate surface area is 264 Å². The van der Waals surface area contributed by atoms with Crippen LogP contribution in [0.5, 0.6) is 0 Å². The number of anilines is 1. The minimum atomic E-state index is -4.13. The molecular weight excluding hydrogens is 594 g/mol. The number of halogens is 1. The molecule has 1 fully saturated rings. The molecular formula is C35H36ClN3O4S. The maximum absolute atomic E-state index is 14.5. The topological polar surface area (TPSA) is 86.8 Å². The molecule has 0 bridgehead atoms. The number of hydrogen-bond donors (Lipinski definition) is 1. The third-order valence-corrected chi connectivity index (χ3v) is 10.1. The summed E-state index contributed by atoms with van der Waals surface area (Å²) in [5, 5.41) is 3.63. The Balaban J connectivity index is 1.55. The molecule has 0 heterocycles. The number of nitrogens with zero attached hydrogens (tertiary/aromatic N) is 2. The van der Waals surface area contributed by atoms with E-state index in [1.165, 1.54) is 17.0 Å². The molecule has 1 atom stereocenters. The summed E-state index contributed by atoms with van der Waals surface area (Å²) in [6.07, 6.45) is 4.12. The summed E-state index contributed by atoms with van der Waals surface area (Å²) in [6.45, 7) is -0.476. The quantitative estimate of drug-likeness (QED) is 0.201. The molecule has 0 saturated heterocycles. The van der Waals surface area contributed by atoms with Crippen LogP contribution >= 0.6 is 11.6 Å². The lowest BCUT2D eigenvalue weighted by molar-refractivity contribution is -0.140. The SMILES string of the molecule is O=C(NC1CCCC1)[C@H](Cc1ccccc1)N(Cc1ccccc1Cl)C(=O)CN(c1ccccc1)S(=O)(=O)c1ccccc1. The van der Waals surface area contributed by atoms with Crippen molar-refractivity contribution in [1.82, 2.24) is 10.2 Å². The van der Waals surface area contributed by atoms with E-state index in [2.05, 4.69) is 5.32 Å². The molecule has 1 saturated carbocycles. The zero-order valence-electron chi connectivity index (χ0n) is 24.4. The van der Waals surface area contributed by atoms with Gasteiger partial charge in [0.1, 0.15) is 12.6 Å². The second-order valence-corrected chi connectivity index (χ2v) is 13.2. The molecule has 1 aliphatic carbocycles. The predicted molar refractivity (Wildman–Crippen MR) is 174 cm³/mol. The minimum Gasteiger partial charge on any atom is -0.352 e. The third-order valence-electron chi connectivity index (χ3n) is 7.93. The van der Waals surface area contributed by atoms with Gasteiger partial charge in [-0.2, -0.15) is 0 Å². The van der Waals surface area contributed by atoms with Crippen molar-refractivity contribution >= 4 is 39.1 Å². The number of sulfonamides is 1. The largest absolute Gasteiger partial charge is 0.352 e. The van der Waals surface area contributed by atoms with Gasteiger partial charge in [0.2, 0.25) is 11.8 Å². The number of carbonyl (C=O) groups is 2. The van der Waals surface area contributed by atoms with Gasteiger partial charge in [-0.1, -0.05) is 109 Å². The van der Waals surface area contributed by atoms with Crippen molar-refractivity contribution in [3.8, 4) is 0 Å². The lowest BCUT2D eigenvalue weighted by Gasteiger charge is -2.34. The minimum absolute atomic E-state index is 0.0299. The molecule has 228 valence electrons. The Morgan fingerprint density at radius 2 is 1.36 bits per heavy atom. The second kappa shape index (κ2) is 14.6. The molecule has 0 aromatic heterocycles. The number of carbonyl (C=O) groups excluding carboxylic acids is 2. The monoisotopic (exact) mass is 629 g/mol. The van der Waals surface area contributed by atoms with Gasteiger partial charge >= 0.3 is 0 Å². The molecule has 7 nitrogen and oxygen atoms in total. The normalized spacial score (nSPS) is 14.1. The summed E-state index contributed by atoms with van der Waals surface area (Å²) in [6, 6.07) is 32.4. The van der Waals surface area contributed by atoms with Crippen LogP contribution in [-0.4, -0.2) is 43.8 Å².